The SMILES string of the molecule is CC.CN=C1NCC(C)(C)N1. The molecule has 1 fully saturated rings. The van der Waals surface area contributed by atoms with E-state index < -0.39 is 0 Å². The van der Waals surface area contributed by atoms with Crippen molar-refractivity contribution in [3.63, 3.8) is 0 Å². The molecule has 0 bridgehead atoms. The predicted molar refractivity (Wildman–Crippen MR) is 49.9 cm³/mol. The number of nitrogens with one attached hydrogen (secondary N) is 2. The molecule has 0 saturated carbocycles. The van der Waals surface area contributed by atoms with Gasteiger partial charge in [0.1, 0.15) is 0 Å². The van der Waals surface area contributed by atoms with E-state index in [2.05, 4.69) is 29.5 Å². The van der Waals surface area contributed by atoms with Crippen molar-refractivity contribution in [2.75, 3.05) is 13.6 Å². The van der Waals surface area contributed by atoms with E-state index >= 15 is 0 Å². The third kappa shape index (κ3) is 3.25. The molecule has 66 valence electrons. The summed E-state index contributed by atoms with van der Waals surface area (Å²) in [4.78, 5) is 3.98. The molecule has 0 amide bonds. The first-order valence-electron chi connectivity index (χ1n) is 4.13. The van der Waals surface area contributed by atoms with Gasteiger partial charge in [0.25, 0.3) is 0 Å². The number of guanidine groups is 1. The van der Waals surface area contributed by atoms with Gasteiger partial charge in [-0.05, 0) is 13.8 Å². The Morgan fingerprint density at radius 2 is 1.91 bits per heavy atom. The Morgan fingerprint density at radius 3 is 2.09 bits per heavy atom. The number of hydrogen-bond donors (Lipinski definition) is 2. The molecule has 0 aromatic carbocycles. The van der Waals surface area contributed by atoms with Crippen LogP contribution in [0.5, 0.6) is 0 Å². The van der Waals surface area contributed by atoms with Crippen molar-refractivity contribution in [2.24, 2.45) is 4.99 Å². The molecule has 1 heterocycles. The van der Waals surface area contributed by atoms with Gasteiger partial charge in [0, 0.05) is 13.6 Å². The van der Waals surface area contributed by atoms with E-state index in [0.717, 1.165) is 12.5 Å². The molecule has 0 aromatic heterocycles. The van der Waals surface area contributed by atoms with Crippen molar-refractivity contribution in [3.8, 4) is 0 Å². The molecule has 1 rings (SSSR count). The first-order chi connectivity index (χ1) is 5.14. The van der Waals surface area contributed by atoms with Gasteiger partial charge in [-0.2, -0.15) is 0 Å². The minimum atomic E-state index is 0.175. The first kappa shape index (κ1) is 10.3. The Labute approximate surface area is 69.3 Å². The summed E-state index contributed by atoms with van der Waals surface area (Å²) in [6.45, 7) is 9.23. The summed E-state index contributed by atoms with van der Waals surface area (Å²) >= 11 is 0. The van der Waals surface area contributed by atoms with Gasteiger partial charge in [0.2, 0.25) is 0 Å². The van der Waals surface area contributed by atoms with E-state index in [4.69, 9.17) is 0 Å². The standard InChI is InChI=1S/C6H13N3.C2H6/c1-6(2)4-8-5(7-3)9-6;1-2/h4H2,1-3H3,(H2,7,8,9);1-2H3. The zero-order valence-corrected chi connectivity index (χ0v) is 8.15. The second kappa shape index (κ2) is 4.21. The van der Waals surface area contributed by atoms with Crippen LogP contribution in [0.25, 0.3) is 0 Å². The van der Waals surface area contributed by atoms with Crippen molar-refractivity contribution in [2.45, 2.75) is 33.2 Å². The Balaban J connectivity index is 0.000000461. The third-order valence-corrected chi connectivity index (χ3v) is 1.38. The molecule has 1 aliphatic rings. The van der Waals surface area contributed by atoms with Gasteiger partial charge in [-0.25, -0.2) is 0 Å². The molecule has 0 spiro atoms. The Bertz CT molecular complexity index is 138. The van der Waals surface area contributed by atoms with Gasteiger partial charge < -0.3 is 10.6 Å². The molecule has 3 nitrogen and oxygen atoms in total. The molecule has 1 saturated heterocycles. The van der Waals surface area contributed by atoms with Crippen LogP contribution < -0.4 is 10.6 Å². The molecule has 11 heavy (non-hydrogen) atoms. The molecule has 0 radical (unpaired) electrons. The fourth-order valence-electron chi connectivity index (χ4n) is 0.849. The van der Waals surface area contributed by atoms with Crippen LogP contribution in [0.3, 0.4) is 0 Å². The number of hydrogen-bond acceptors (Lipinski definition) is 1. The van der Waals surface area contributed by atoms with Crippen LogP contribution in [0.1, 0.15) is 27.7 Å². The van der Waals surface area contributed by atoms with Crippen LogP contribution in [-0.4, -0.2) is 25.1 Å². The monoisotopic (exact) mass is 157 g/mol. The highest BCUT2D eigenvalue weighted by atomic mass is 15.3. The van der Waals surface area contributed by atoms with Crippen molar-refractivity contribution < 1.29 is 0 Å². The second-order valence-electron chi connectivity index (χ2n) is 2.93. The highest BCUT2D eigenvalue weighted by Crippen LogP contribution is 2.03. The van der Waals surface area contributed by atoms with Crippen LogP contribution in [0, 0.1) is 0 Å². The Morgan fingerprint density at radius 1 is 1.36 bits per heavy atom. The fourth-order valence-corrected chi connectivity index (χ4v) is 0.849. The molecule has 2 N–H and O–H groups in total. The lowest BCUT2D eigenvalue weighted by atomic mass is 10.1. The van der Waals surface area contributed by atoms with Gasteiger partial charge in [-0.15, -0.1) is 0 Å². The van der Waals surface area contributed by atoms with Gasteiger partial charge in [0.15, 0.2) is 5.96 Å². The average molecular weight is 157 g/mol. The third-order valence-electron chi connectivity index (χ3n) is 1.38. The maximum Gasteiger partial charge on any atom is 0.191 e. The summed E-state index contributed by atoms with van der Waals surface area (Å²) in [7, 11) is 1.77. The lowest BCUT2D eigenvalue weighted by molar-refractivity contribution is 0.506. The normalized spacial score (nSPS) is 23.2. The van der Waals surface area contributed by atoms with Crippen LogP contribution in [0.2, 0.25) is 0 Å². The summed E-state index contributed by atoms with van der Waals surface area (Å²) in [5.41, 5.74) is 0.175. The zero-order chi connectivity index (χ0) is 8.91. The van der Waals surface area contributed by atoms with Crippen LogP contribution >= 0.6 is 0 Å². The van der Waals surface area contributed by atoms with E-state index in [1.165, 1.54) is 0 Å². The van der Waals surface area contributed by atoms with Crippen LogP contribution in [0.15, 0.2) is 4.99 Å². The lowest BCUT2D eigenvalue weighted by Crippen LogP contribution is -2.36. The van der Waals surface area contributed by atoms with Crippen molar-refractivity contribution in [1.82, 2.24) is 10.6 Å². The Hall–Kier alpha value is -0.730. The minimum Gasteiger partial charge on any atom is -0.354 e. The van der Waals surface area contributed by atoms with Crippen molar-refractivity contribution >= 4 is 5.96 Å². The van der Waals surface area contributed by atoms with E-state index in [1.807, 2.05) is 13.8 Å². The molecular weight excluding hydrogens is 138 g/mol. The summed E-state index contributed by atoms with van der Waals surface area (Å²) in [5.74, 6) is 0.903. The highest BCUT2D eigenvalue weighted by molar-refractivity contribution is 5.82. The van der Waals surface area contributed by atoms with E-state index in [0.29, 0.717) is 0 Å². The predicted octanol–water partition coefficient (Wildman–Crippen LogP) is 0.970. The van der Waals surface area contributed by atoms with E-state index in [1.54, 1.807) is 7.05 Å². The minimum absolute atomic E-state index is 0.175. The second-order valence-corrected chi connectivity index (χ2v) is 2.93. The van der Waals surface area contributed by atoms with Crippen LogP contribution in [-0.2, 0) is 0 Å². The van der Waals surface area contributed by atoms with Crippen molar-refractivity contribution in [3.05, 3.63) is 0 Å². The van der Waals surface area contributed by atoms with E-state index in [-0.39, 0.29) is 5.54 Å². The Kier molecular flexibility index (Phi) is 3.93. The number of aliphatic imine (C=N–C) groups is 1. The molecule has 0 atom stereocenters. The highest BCUT2D eigenvalue weighted by Gasteiger charge is 2.25. The fraction of sp³-hybridized carbons (Fsp3) is 0.875. The van der Waals surface area contributed by atoms with Gasteiger partial charge >= 0.3 is 0 Å². The maximum atomic E-state index is 3.98. The quantitative estimate of drug-likeness (QED) is 0.549. The maximum absolute atomic E-state index is 3.98. The lowest BCUT2D eigenvalue weighted by Gasteiger charge is -2.14. The van der Waals surface area contributed by atoms with Gasteiger partial charge in [-0.3, -0.25) is 4.99 Å². The first-order valence-corrected chi connectivity index (χ1v) is 4.13. The number of rotatable bonds is 0. The van der Waals surface area contributed by atoms with Gasteiger partial charge in [-0.1, -0.05) is 13.8 Å². The topological polar surface area (TPSA) is 36.4 Å². The molecular formula is C8H19N3. The zero-order valence-electron chi connectivity index (χ0n) is 8.15. The largest absolute Gasteiger partial charge is 0.354 e. The molecule has 0 unspecified atom stereocenters. The molecule has 0 aromatic rings. The van der Waals surface area contributed by atoms with Crippen LogP contribution in [0.4, 0.5) is 0 Å². The molecule has 0 aliphatic carbocycles. The molecule has 3 heteroatoms. The number of nitrogens with zero attached hydrogens (tertiary/aromatic N) is 1. The van der Waals surface area contributed by atoms with Crippen molar-refractivity contribution in [1.29, 1.82) is 0 Å². The summed E-state index contributed by atoms with van der Waals surface area (Å²) < 4.78 is 0. The summed E-state index contributed by atoms with van der Waals surface area (Å²) in [6, 6.07) is 0. The smallest absolute Gasteiger partial charge is 0.191 e. The summed E-state index contributed by atoms with van der Waals surface area (Å²) in [5, 5.41) is 6.35. The summed E-state index contributed by atoms with van der Waals surface area (Å²) in [6.07, 6.45) is 0. The van der Waals surface area contributed by atoms with E-state index in [9.17, 15) is 0 Å². The molecule has 1 aliphatic heterocycles. The van der Waals surface area contributed by atoms with Gasteiger partial charge in [0.05, 0.1) is 5.54 Å². The average Bonchev–Trinajstić information content (AvgIpc) is 2.34.